The van der Waals surface area contributed by atoms with Gasteiger partial charge in [0, 0.05) is 30.7 Å². The van der Waals surface area contributed by atoms with Crippen molar-refractivity contribution < 1.29 is 4.79 Å². The number of nitrogens with zero attached hydrogens (tertiary/aromatic N) is 4. The van der Waals surface area contributed by atoms with Crippen LogP contribution < -0.4 is 10.2 Å². The molecule has 1 aliphatic rings. The standard InChI is InChI=1S/C18H21N5OS/c24-17(19-9-8-15-6-4-12-25-15)14-5-3-10-22(13-14)18-21-20-16-7-1-2-11-23(16)18/h1-2,4,6-7,11-12,14H,3,5,8-10,13H2,(H,19,24)/t14-/m1/s1. The van der Waals surface area contributed by atoms with E-state index < -0.39 is 0 Å². The van der Waals surface area contributed by atoms with Crippen molar-refractivity contribution in [2.75, 3.05) is 24.5 Å². The summed E-state index contributed by atoms with van der Waals surface area (Å²) in [6.07, 6.45) is 4.78. The second-order valence-electron chi connectivity index (χ2n) is 6.33. The first-order valence-electron chi connectivity index (χ1n) is 8.66. The summed E-state index contributed by atoms with van der Waals surface area (Å²) in [5, 5.41) is 13.7. The van der Waals surface area contributed by atoms with Crippen molar-refractivity contribution in [3.05, 3.63) is 46.8 Å². The molecule has 0 bridgehead atoms. The fourth-order valence-corrected chi connectivity index (χ4v) is 4.03. The number of thiophene rings is 1. The van der Waals surface area contributed by atoms with E-state index in [-0.39, 0.29) is 11.8 Å². The van der Waals surface area contributed by atoms with Crippen LogP contribution in [0.3, 0.4) is 0 Å². The molecule has 0 aromatic carbocycles. The predicted molar refractivity (Wildman–Crippen MR) is 99.0 cm³/mol. The van der Waals surface area contributed by atoms with Gasteiger partial charge in [-0.3, -0.25) is 9.20 Å². The van der Waals surface area contributed by atoms with E-state index >= 15 is 0 Å². The first-order chi connectivity index (χ1) is 12.3. The van der Waals surface area contributed by atoms with Gasteiger partial charge in [-0.15, -0.1) is 21.5 Å². The van der Waals surface area contributed by atoms with Crippen molar-refractivity contribution in [1.82, 2.24) is 19.9 Å². The highest BCUT2D eigenvalue weighted by molar-refractivity contribution is 7.09. The fourth-order valence-electron chi connectivity index (χ4n) is 3.33. The molecule has 0 aliphatic carbocycles. The zero-order valence-electron chi connectivity index (χ0n) is 14.0. The van der Waals surface area contributed by atoms with Crippen LogP contribution in [0.4, 0.5) is 5.95 Å². The molecular formula is C18H21N5OS. The lowest BCUT2D eigenvalue weighted by atomic mass is 9.97. The van der Waals surface area contributed by atoms with Crippen LogP contribution in [0, 0.1) is 5.92 Å². The van der Waals surface area contributed by atoms with Gasteiger partial charge >= 0.3 is 0 Å². The second-order valence-corrected chi connectivity index (χ2v) is 7.37. The lowest BCUT2D eigenvalue weighted by molar-refractivity contribution is -0.125. The number of nitrogens with one attached hydrogen (secondary N) is 1. The number of anilines is 1. The third kappa shape index (κ3) is 3.51. The first-order valence-corrected chi connectivity index (χ1v) is 9.54. The minimum atomic E-state index is 0.00754. The third-order valence-corrected chi connectivity index (χ3v) is 5.56. The Morgan fingerprint density at radius 2 is 2.24 bits per heavy atom. The first kappa shape index (κ1) is 16.1. The lowest BCUT2D eigenvalue weighted by Crippen LogP contribution is -2.44. The number of rotatable bonds is 5. The molecule has 130 valence electrons. The van der Waals surface area contributed by atoms with Gasteiger partial charge in [-0.2, -0.15) is 0 Å². The summed E-state index contributed by atoms with van der Waals surface area (Å²) in [4.78, 5) is 16.0. The summed E-state index contributed by atoms with van der Waals surface area (Å²) in [5.41, 5.74) is 0.833. The van der Waals surface area contributed by atoms with Crippen molar-refractivity contribution >= 4 is 28.8 Å². The van der Waals surface area contributed by atoms with E-state index in [0.717, 1.165) is 37.4 Å². The molecule has 4 heterocycles. The van der Waals surface area contributed by atoms with Gasteiger partial charge in [0.15, 0.2) is 5.65 Å². The quantitative estimate of drug-likeness (QED) is 0.763. The number of carbonyl (C=O) groups is 1. The van der Waals surface area contributed by atoms with Gasteiger partial charge in [-0.05, 0) is 42.8 Å². The molecule has 7 heteroatoms. The van der Waals surface area contributed by atoms with Crippen LogP contribution in [0.15, 0.2) is 41.9 Å². The van der Waals surface area contributed by atoms with Gasteiger partial charge in [0.2, 0.25) is 11.9 Å². The van der Waals surface area contributed by atoms with E-state index in [1.54, 1.807) is 11.3 Å². The number of fused-ring (bicyclic) bond motifs is 1. The molecule has 3 aromatic heterocycles. The zero-order valence-corrected chi connectivity index (χ0v) is 14.8. The molecule has 3 aromatic rings. The number of aromatic nitrogens is 3. The summed E-state index contributed by atoms with van der Waals surface area (Å²) in [5.74, 6) is 0.981. The number of hydrogen-bond acceptors (Lipinski definition) is 5. The summed E-state index contributed by atoms with van der Waals surface area (Å²) in [6, 6.07) is 10.0. The van der Waals surface area contributed by atoms with Gasteiger partial charge in [0.25, 0.3) is 0 Å². The van der Waals surface area contributed by atoms with E-state index in [4.69, 9.17) is 0 Å². The average molecular weight is 355 g/mol. The number of hydrogen-bond donors (Lipinski definition) is 1. The van der Waals surface area contributed by atoms with Gasteiger partial charge in [0.1, 0.15) is 0 Å². The Kier molecular flexibility index (Phi) is 4.65. The number of carbonyl (C=O) groups excluding carboxylic acids is 1. The average Bonchev–Trinajstić information content (AvgIpc) is 3.31. The minimum absolute atomic E-state index is 0.00754. The summed E-state index contributed by atoms with van der Waals surface area (Å²) in [6.45, 7) is 2.30. The Labute approximate surface area is 150 Å². The Morgan fingerprint density at radius 1 is 1.28 bits per heavy atom. The van der Waals surface area contributed by atoms with Crippen molar-refractivity contribution in [1.29, 1.82) is 0 Å². The van der Waals surface area contributed by atoms with Gasteiger partial charge in [0.05, 0.1) is 5.92 Å². The van der Waals surface area contributed by atoms with Gasteiger partial charge in [-0.25, -0.2) is 0 Å². The molecule has 1 atom stereocenters. The van der Waals surface area contributed by atoms with Crippen LogP contribution in [-0.2, 0) is 11.2 Å². The summed E-state index contributed by atoms with van der Waals surface area (Å²) >= 11 is 1.73. The maximum atomic E-state index is 12.5. The molecule has 25 heavy (non-hydrogen) atoms. The molecule has 1 N–H and O–H groups in total. The summed E-state index contributed by atoms with van der Waals surface area (Å²) in [7, 11) is 0. The third-order valence-electron chi connectivity index (χ3n) is 4.62. The smallest absolute Gasteiger partial charge is 0.231 e. The van der Waals surface area contributed by atoms with Crippen LogP contribution in [0.2, 0.25) is 0 Å². The molecule has 1 saturated heterocycles. The molecule has 0 spiro atoms. The Hall–Kier alpha value is -2.41. The second kappa shape index (κ2) is 7.23. The molecule has 0 radical (unpaired) electrons. The van der Waals surface area contributed by atoms with E-state index in [0.29, 0.717) is 13.1 Å². The minimum Gasteiger partial charge on any atom is -0.355 e. The van der Waals surface area contributed by atoms with E-state index in [2.05, 4.69) is 31.9 Å². The fraction of sp³-hybridized carbons (Fsp3) is 0.389. The van der Waals surface area contributed by atoms with E-state index in [1.165, 1.54) is 4.88 Å². The van der Waals surface area contributed by atoms with E-state index in [9.17, 15) is 4.79 Å². The normalized spacial score (nSPS) is 17.8. The topological polar surface area (TPSA) is 62.5 Å². The monoisotopic (exact) mass is 355 g/mol. The number of piperidine rings is 1. The molecular weight excluding hydrogens is 334 g/mol. The molecule has 1 amide bonds. The Balaban J connectivity index is 1.38. The number of amides is 1. The van der Waals surface area contributed by atoms with Crippen molar-refractivity contribution in [2.24, 2.45) is 5.92 Å². The largest absolute Gasteiger partial charge is 0.355 e. The SMILES string of the molecule is O=C(NCCc1cccs1)[C@@H]1CCCN(c2nnc3ccccn23)C1. The molecule has 1 aliphatic heterocycles. The molecule has 6 nitrogen and oxygen atoms in total. The number of pyridine rings is 1. The van der Waals surface area contributed by atoms with Crippen molar-refractivity contribution in [3.8, 4) is 0 Å². The van der Waals surface area contributed by atoms with Crippen LogP contribution in [0.5, 0.6) is 0 Å². The van der Waals surface area contributed by atoms with Crippen molar-refractivity contribution in [3.63, 3.8) is 0 Å². The Morgan fingerprint density at radius 3 is 3.12 bits per heavy atom. The van der Waals surface area contributed by atoms with Crippen LogP contribution in [-0.4, -0.2) is 40.1 Å². The lowest BCUT2D eigenvalue weighted by Gasteiger charge is -2.31. The van der Waals surface area contributed by atoms with Crippen LogP contribution in [0.25, 0.3) is 5.65 Å². The molecule has 0 unspecified atom stereocenters. The highest BCUT2D eigenvalue weighted by atomic mass is 32.1. The van der Waals surface area contributed by atoms with Gasteiger partial charge in [-0.1, -0.05) is 12.1 Å². The van der Waals surface area contributed by atoms with E-state index in [1.807, 2.05) is 34.9 Å². The highest BCUT2D eigenvalue weighted by Crippen LogP contribution is 2.22. The maximum absolute atomic E-state index is 12.5. The van der Waals surface area contributed by atoms with Crippen LogP contribution >= 0.6 is 11.3 Å². The highest BCUT2D eigenvalue weighted by Gasteiger charge is 2.27. The van der Waals surface area contributed by atoms with Crippen LogP contribution in [0.1, 0.15) is 17.7 Å². The predicted octanol–water partition coefficient (Wildman–Crippen LogP) is 2.37. The van der Waals surface area contributed by atoms with Gasteiger partial charge < -0.3 is 10.2 Å². The maximum Gasteiger partial charge on any atom is 0.231 e. The Bertz CT molecular complexity index is 844. The zero-order chi connectivity index (χ0) is 17.1. The molecule has 0 saturated carbocycles. The molecule has 4 rings (SSSR count). The summed E-state index contributed by atoms with van der Waals surface area (Å²) < 4.78 is 1.98. The van der Waals surface area contributed by atoms with Crippen molar-refractivity contribution in [2.45, 2.75) is 19.3 Å². The molecule has 1 fully saturated rings.